The van der Waals surface area contributed by atoms with E-state index in [1.54, 1.807) is 25.4 Å². The highest BCUT2D eigenvalue weighted by Gasteiger charge is 2.59. The van der Waals surface area contributed by atoms with Crippen LogP contribution in [-0.2, 0) is 9.47 Å². The number of aliphatic hydroxyl groups is 1. The Labute approximate surface area is 158 Å². The van der Waals surface area contributed by atoms with Crippen molar-refractivity contribution in [1.29, 1.82) is 0 Å². The van der Waals surface area contributed by atoms with E-state index in [9.17, 15) is 5.11 Å². The van der Waals surface area contributed by atoms with Crippen LogP contribution >= 0.6 is 0 Å². The highest BCUT2D eigenvalue weighted by molar-refractivity contribution is 5.31. The molecular weight excluding hydrogens is 324 g/mol. The minimum absolute atomic E-state index is 0.0732. The summed E-state index contributed by atoms with van der Waals surface area (Å²) in [7, 11) is 3.56. The van der Waals surface area contributed by atoms with Crippen LogP contribution in [-0.4, -0.2) is 31.2 Å². The lowest BCUT2D eigenvalue weighted by Gasteiger charge is -2.57. The normalized spacial score (nSPS) is 47.1. The van der Waals surface area contributed by atoms with Gasteiger partial charge in [0.15, 0.2) is 5.79 Å². The quantitative estimate of drug-likeness (QED) is 0.585. The number of methoxy groups -OCH3 is 2. The standard InChI is InChI=1S/C23H36O3/c1-6-15-12-22(3)18(7-8-19(22)24)20-14(2)11-16-13-23(25-4,26-5)10-9-17(16)21(15)20/h6,14-15,18-21,24H,1,7-13H2,2-5H3/t14-,15+,18?,19+,20?,21?,22+/m1/s1. The Kier molecular flexibility index (Phi) is 4.65. The fraction of sp³-hybridized carbons (Fsp3) is 0.826. The first-order valence-corrected chi connectivity index (χ1v) is 10.5. The molecule has 2 saturated carbocycles. The Bertz CT molecular complexity index is 605. The number of aliphatic hydroxyl groups excluding tert-OH is 1. The van der Waals surface area contributed by atoms with Crippen LogP contribution in [0, 0.1) is 35.0 Å². The number of allylic oxidation sites excluding steroid dienone is 2. The first kappa shape index (κ1) is 18.7. The molecule has 4 aliphatic rings. The summed E-state index contributed by atoms with van der Waals surface area (Å²) >= 11 is 0. The second-order valence-electron chi connectivity index (χ2n) is 9.72. The van der Waals surface area contributed by atoms with Crippen molar-refractivity contribution in [2.75, 3.05) is 14.2 Å². The molecule has 3 unspecified atom stereocenters. The molecule has 4 rings (SSSR count). The minimum atomic E-state index is -0.429. The summed E-state index contributed by atoms with van der Waals surface area (Å²) in [5.74, 6) is 2.66. The van der Waals surface area contributed by atoms with Gasteiger partial charge in [-0.05, 0) is 67.1 Å². The maximum absolute atomic E-state index is 10.8. The fourth-order valence-corrected chi connectivity index (χ4v) is 7.40. The molecule has 7 atom stereocenters. The summed E-state index contributed by atoms with van der Waals surface area (Å²) in [6, 6.07) is 0. The van der Waals surface area contributed by atoms with Crippen LogP contribution in [0.4, 0.5) is 0 Å². The topological polar surface area (TPSA) is 38.7 Å². The lowest BCUT2D eigenvalue weighted by Crippen LogP contribution is -2.52. The third kappa shape index (κ3) is 2.50. The summed E-state index contributed by atoms with van der Waals surface area (Å²) in [4.78, 5) is 0. The Hall–Kier alpha value is -0.640. The Morgan fingerprint density at radius 1 is 1.23 bits per heavy atom. The van der Waals surface area contributed by atoms with E-state index in [0.29, 0.717) is 29.6 Å². The van der Waals surface area contributed by atoms with E-state index in [2.05, 4.69) is 26.5 Å². The van der Waals surface area contributed by atoms with Gasteiger partial charge in [0.2, 0.25) is 0 Å². The van der Waals surface area contributed by atoms with E-state index in [0.717, 1.165) is 38.5 Å². The average molecular weight is 361 g/mol. The van der Waals surface area contributed by atoms with Crippen molar-refractivity contribution in [3.63, 3.8) is 0 Å². The van der Waals surface area contributed by atoms with Crippen molar-refractivity contribution in [2.45, 2.75) is 70.7 Å². The van der Waals surface area contributed by atoms with E-state index in [-0.39, 0.29) is 11.5 Å². The van der Waals surface area contributed by atoms with E-state index in [4.69, 9.17) is 9.47 Å². The van der Waals surface area contributed by atoms with Gasteiger partial charge >= 0.3 is 0 Å². The van der Waals surface area contributed by atoms with Gasteiger partial charge in [0.1, 0.15) is 0 Å². The smallest absolute Gasteiger partial charge is 0.171 e. The van der Waals surface area contributed by atoms with E-state index >= 15 is 0 Å². The maximum atomic E-state index is 10.8. The Morgan fingerprint density at radius 3 is 2.62 bits per heavy atom. The summed E-state index contributed by atoms with van der Waals surface area (Å²) < 4.78 is 11.6. The van der Waals surface area contributed by atoms with Gasteiger partial charge in [-0.1, -0.05) is 31.1 Å². The molecule has 0 bridgehead atoms. The van der Waals surface area contributed by atoms with Crippen molar-refractivity contribution in [3.8, 4) is 0 Å². The van der Waals surface area contributed by atoms with Gasteiger partial charge in [-0.15, -0.1) is 6.58 Å². The first-order valence-electron chi connectivity index (χ1n) is 10.5. The second-order valence-corrected chi connectivity index (χ2v) is 9.72. The first-order chi connectivity index (χ1) is 12.4. The molecule has 1 N–H and O–H groups in total. The summed E-state index contributed by atoms with van der Waals surface area (Å²) in [5, 5.41) is 10.8. The van der Waals surface area contributed by atoms with Gasteiger partial charge in [-0.25, -0.2) is 0 Å². The number of hydrogen-bond acceptors (Lipinski definition) is 3. The van der Waals surface area contributed by atoms with Gasteiger partial charge in [-0.2, -0.15) is 0 Å². The Balaban J connectivity index is 1.74. The number of rotatable bonds is 3. The molecule has 0 aromatic carbocycles. The molecule has 0 amide bonds. The van der Waals surface area contributed by atoms with Crippen LogP contribution in [0.5, 0.6) is 0 Å². The highest BCUT2D eigenvalue weighted by atomic mass is 16.7. The molecule has 3 heteroatoms. The molecule has 0 aliphatic heterocycles. The zero-order chi connectivity index (χ0) is 18.7. The van der Waals surface area contributed by atoms with Crippen LogP contribution < -0.4 is 0 Å². The molecule has 0 heterocycles. The van der Waals surface area contributed by atoms with Crippen molar-refractivity contribution in [1.82, 2.24) is 0 Å². The van der Waals surface area contributed by atoms with Crippen LogP contribution in [0.1, 0.15) is 58.8 Å². The fourth-order valence-electron chi connectivity index (χ4n) is 7.40. The molecule has 3 nitrogen and oxygen atoms in total. The third-order valence-corrected chi connectivity index (χ3v) is 8.76. The van der Waals surface area contributed by atoms with Crippen LogP contribution in [0.15, 0.2) is 23.8 Å². The average Bonchev–Trinajstić information content (AvgIpc) is 2.94. The van der Waals surface area contributed by atoms with E-state index in [1.807, 2.05) is 0 Å². The number of fused-ring (bicyclic) bond motifs is 4. The molecule has 0 saturated heterocycles. The molecule has 0 aromatic heterocycles. The monoisotopic (exact) mass is 360 g/mol. The van der Waals surface area contributed by atoms with Crippen molar-refractivity contribution in [3.05, 3.63) is 23.8 Å². The van der Waals surface area contributed by atoms with Gasteiger partial charge in [0.05, 0.1) is 6.10 Å². The van der Waals surface area contributed by atoms with E-state index in [1.165, 1.54) is 6.42 Å². The van der Waals surface area contributed by atoms with Crippen LogP contribution in [0.2, 0.25) is 0 Å². The second kappa shape index (κ2) is 6.46. The van der Waals surface area contributed by atoms with Crippen molar-refractivity contribution in [2.24, 2.45) is 35.0 Å². The Morgan fingerprint density at radius 2 is 1.96 bits per heavy atom. The SMILES string of the molecule is C=C[C@H]1C[C@@]2(C)C(CC[C@@H]2O)C2C1C1=C(C[C@H]2C)CC(OC)(OC)CC1. The lowest BCUT2D eigenvalue weighted by molar-refractivity contribution is -0.214. The summed E-state index contributed by atoms with van der Waals surface area (Å²) in [6.45, 7) is 9.00. The molecule has 0 spiro atoms. The summed E-state index contributed by atoms with van der Waals surface area (Å²) in [5.41, 5.74) is 3.35. The zero-order valence-corrected chi connectivity index (χ0v) is 17.0. The van der Waals surface area contributed by atoms with Gasteiger partial charge in [0.25, 0.3) is 0 Å². The highest BCUT2D eigenvalue weighted by Crippen LogP contribution is 2.64. The molecule has 146 valence electrons. The molecule has 0 radical (unpaired) electrons. The predicted octanol–water partition coefficient (Wildman–Crippen LogP) is 4.71. The van der Waals surface area contributed by atoms with E-state index < -0.39 is 5.79 Å². The van der Waals surface area contributed by atoms with Crippen molar-refractivity contribution >= 4 is 0 Å². The maximum Gasteiger partial charge on any atom is 0.171 e. The largest absolute Gasteiger partial charge is 0.393 e. The van der Waals surface area contributed by atoms with Gasteiger partial charge < -0.3 is 14.6 Å². The zero-order valence-electron chi connectivity index (χ0n) is 17.0. The van der Waals surface area contributed by atoms with Gasteiger partial charge in [-0.3, -0.25) is 0 Å². The van der Waals surface area contributed by atoms with Crippen LogP contribution in [0.25, 0.3) is 0 Å². The summed E-state index contributed by atoms with van der Waals surface area (Å²) in [6.07, 6.45) is 9.42. The van der Waals surface area contributed by atoms with Crippen LogP contribution in [0.3, 0.4) is 0 Å². The molecule has 26 heavy (non-hydrogen) atoms. The van der Waals surface area contributed by atoms with Gasteiger partial charge in [0, 0.05) is 27.1 Å². The molecular formula is C23H36O3. The minimum Gasteiger partial charge on any atom is -0.393 e. The number of ether oxygens (including phenoxy) is 2. The third-order valence-electron chi connectivity index (χ3n) is 8.76. The lowest BCUT2D eigenvalue weighted by atomic mass is 9.48. The number of hydrogen-bond donors (Lipinski definition) is 1. The van der Waals surface area contributed by atoms with Crippen molar-refractivity contribution < 1.29 is 14.6 Å². The molecule has 2 fully saturated rings. The predicted molar refractivity (Wildman–Crippen MR) is 104 cm³/mol. The molecule has 0 aromatic rings. The molecule has 4 aliphatic carbocycles.